The van der Waals surface area contributed by atoms with Crippen molar-refractivity contribution >= 4 is 22.8 Å². The Balaban J connectivity index is 1.81. The van der Waals surface area contributed by atoms with Gasteiger partial charge in [-0.25, -0.2) is 22.9 Å². The molecule has 2 atom stereocenters. The van der Waals surface area contributed by atoms with Crippen LogP contribution >= 0.6 is 0 Å². The Bertz CT molecular complexity index is 1020. The van der Waals surface area contributed by atoms with Crippen molar-refractivity contribution in [2.45, 2.75) is 18.6 Å². The molecule has 27 heavy (non-hydrogen) atoms. The normalized spacial score (nSPS) is 19.6. The van der Waals surface area contributed by atoms with Gasteiger partial charge in [-0.3, -0.25) is 5.10 Å². The topological polar surface area (TPSA) is 71.1 Å². The van der Waals surface area contributed by atoms with E-state index in [2.05, 4.69) is 19.9 Å². The van der Waals surface area contributed by atoms with Gasteiger partial charge in [-0.2, -0.15) is 5.10 Å². The van der Waals surface area contributed by atoms with Gasteiger partial charge >= 0.3 is 5.97 Å². The highest BCUT2D eigenvalue weighted by molar-refractivity contribution is 5.96. The maximum Gasteiger partial charge on any atom is 0.339 e. The Morgan fingerprint density at radius 2 is 2.15 bits per heavy atom. The highest BCUT2D eigenvalue weighted by Crippen LogP contribution is 2.40. The van der Waals surface area contributed by atoms with E-state index < -0.39 is 29.8 Å². The van der Waals surface area contributed by atoms with Gasteiger partial charge in [0.25, 0.3) is 0 Å². The zero-order valence-corrected chi connectivity index (χ0v) is 14.2. The Hall–Kier alpha value is -3.10. The van der Waals surface area contributed by atoms with E-state index in [1.54, 1.807) is 4.90 Å². The zero-order valence-electron chi connectivity index (χ0n) is 14.2. The zero-order chi connectivity index (χ0) is 19.1. The molecule has 4 rings (SSSR count). The largest absolute Gasteiger partial charge is 0.465 e. The molecule has 1 N–H and O–H groups in total. The van der Waals surface area contributed by atoms with Gasteiger partial charge in [0.1, 0.15) is 17.8 Å². The number of nitrogens with one attached hydrogen (secondary N) is 1. The molecule has 6 nitrogen and oxygen atoms in total. The van der Waals surface area contributed by atoms with Gasteiger partial charge in [0.15, 0.2) is 11.5 Å². The lowest BCUT2D eigenvalue weighted by molar-refractivity contribution is 0.0600. The first kappa shape index (κ1) is 17.3. The molecule has 3 heterocycles. The fraction of sp³-hybridized carbons (Fsp3) is 0.278. The second kappa shape index (κ2) is 6.57. The summed E-state index contributed by atoms with van der Waals surface area (Å²) in [6.45, 7) is -0.0387. The first-order valence-electron chi connectivity index (χ1n) is 8.26. The SMILES string of the molecule is COC(=O)c1cnc2[nH]nc(N3C[C@@H](F)C[C@@H]3c3cc(F)ccc3F)c2c1. The summed E-state index contributed by atoms with van der Waals surface area (Å²) >= 11 is 0. The van der Waals surface area contributed by atoms with Gasteiger partial charge < -0.3 is 9.64 Å². The highest BCUT2D eigenvalue weighted by Gasteiger charge is 2.37. The molecule has 0 unspecified atom stereocenters. The number of carbonyl (C=O) groups excluding carboxylic acids is 1. The maximum atomic E-state index is 14.3. The smallest absolute Gasteiger partial charge is 0.339 e. The molecule has 1 aliphatic rings. The van der Waals surface area contributed by atoms with Crippen LogP contribution in [0.15, 0.2) is 30.5 Å². The van der Waals surface area contributed by atoms with Crippen molar-refractivity contribution in [3.63, 3.8) is 0 Å². The molecule has 1 aliphatic heterocycles. The second-order valence-electron chi connectivity index (χ2n) is 6.33. The quantitative estimate of drug-likeness (QED) is 0.710. The number of ether oxygens (including phenoxy) is 1. The van der Waals surface area contributed by atoms with E-state index in [0.717, 1.165) is 18.2 Å². The van der Waals surface area contributed by atoms with Crippen molar-refractivity contribution in [2.75, 3.05) is 18.6 Å². The fourth-order valence-electron chi connectivity index (χ4n) is 3.42. The van der Waals surface area contributed by atoms with Crippen molar-refractivity contribution < 1.29 is 22.7 Å². The van der Waals surface area contributed by atoms with Crippen LogP contribution in [-0.2, 0) is 4.74 Å². The number of hydrogen-bond acceptors (Lipinski definition) is 5. The lowest BCUT2D eigenvalue weighted by Crippen LogP contribution is -2.25. The number of fused-ring (bicyclic) bond motifs is 1. The molecule has 2 aromatic heterocycles. The van der Waals surface area contributed by atoms with Gasteiger partial charge in [-0.1, -0.05) is 0 Å². The Labute approximate surface area is 152 Å². The average Bonchev–Trinajstić information content (AvgIpc) is 3.25. The van der Waals surface area contributed by atoms with Gasteiger partial charge in [-0.05, 0) is 24.3 Å². The number of hydrogen-bond donors (Lipinski definition) is 1. The van der Waals surface area contributed by atoms with E-state index in [9.17, 15) is 18.0 Å². The number of alkyl halides is 1. The Kier molecular flexibility index (Phi) is 4.21. The van der Waals surface area contributed by atoms with Crippen LogP contribution in [0.1, 0.15) is 28.4 Å². The summed E-state index contributed by atoms with van der Waals surface area (Å²) in [6, 6.07) is 3.90. The van der Waals surface area contributed by atoms with Crippen molar-refractivity contribution in [1.82, 2.24) is 15.2 Å². The van der Waals surface area contributed by atoms with Crippen LogP contribution in [0.4, 0.5) is 19.0 Å². The molecule has 1 aromatic carbocycles. The van der Waals surface area contributed by atoms with Gasteiger partial charge in [0.05, 0.1) is 30.6 Å². The van der Waals surface area contributed by atoms with Gasteiger partial charge in [-0.15, -0.1) is 0 Å². The summed E-state index contributed by atoms with van der Waals surface area (Å²) in [7, 11) is 1.25. The third-order valence-electron chi connectivity index (χ3n) is 4.66. The lowest BCUT2D eigenvalue weighted by Gasteiger charge is -2.25. The van der Waals surface area contributed by atoms with Crippen LogP contribution in [0.25, 0.3) is 11.0 Å². The third kappa shape index (κ3) is 2.98. The number of carbonyl (C=O) groups is 1. The van der Waals surface area contributed by atoms with Crippen molar-refractivity contribution in [3.8, 4) is 0 Å². The molecular weight excluding hydrogens is 361 g/mol. The Morgan fingerprint density at radius 3 is 2.93 bits per heavy atom. The predicted molar refractivity (Wildman–Crippen MR) is 91.2 cm³/mol. The molecule has 1 saturated heterocycles. The third-order valence-corrected chi connectivity index (χ3v) is 4.66. The number of halogens is 3. The number of benzene rings is 1. The van der Waals surface area contributed by atoms with Crippen molar-refractivity contribution in [1.29, 1.82) is 0 Å². The van der Waals surface area contributed by atoms with E-state index in [1.165, 1.54) is 19.4 Å². The maximum absolute atomic E-state index is 14.3. The van der Waals surface area contributed by atoms with E-state index in [4.69, 9.17) is 0 Å². The molecule has 0 amide bonds. The van der Waals surface area contributed by atoms with Crippen molar-refractivity contribution in [2.24, 2.45) is 0 Å². The summed E-state index contributed by atoms with van der Waals surface area (Å²) in [6.07, 6.45) is 0.0989. The van der Waals surface area contributed by atoms with Crippen LogP contribution in [0.2, 0.25) is 0 Å². The predicted octanol–water partition coefficient (Wildman–Crippen LogP) is 3.31. The number of rotatable bonds is 3. The molecule has 0 radical (unpaired) electrons. The number of aromatic amines is 1. The van der Waals surface area contributed by atoms with Crippen LogP contribution in [0, 0.1) is 11.6 Å². The number of pyridine rings is 1. The van der Waals surface area contributed by atoms with Crippen LogP contribution in [-0.4, -0.2) is 41.0 Å². The fourth-order valence-corrected chi connectivity index (χ4v) is 3.42. The monoisotopic (exact) mass is 376 g/mol. The first-order valence-corrected chi connectivity index (χ1v) is 8.26. The first-order chi connectivity index (χ1) is 13.0. The second-order valence-corrected chi connectivity index (χ2v) is 6.33. The molecule has 140 valence electrons. The Morgan fingerprint density at radius 1 is 1.33 bits per heavy atom. The molecule has 0 saturated carbocycles. The number of aromatic nitrogens is 3. The van der Waals surface area contributed by atoms with Crippen LogP contribution in [0.5, 0.6) is 0 Å². The molecular formula is C18H15F3N4O2. The summed E-state index contributed by atoms with van der Waals surface area (Å²) in [5, 5.41) is 7.35. The highest BCUT2D eigenvalue weighted by atomic mass is 19.1. The summed E-state index contributed by atoms with van der Waals surface area (Å²) in [4.78, 5) is 17.5. The summed E-state index contributed by atoms with van der Waals surface area (Å²) < 4.78 is 46.8. The van der Waals surface area contributed by atoms with E-state index >= 15 is 0 Å². The summed E-state index contributed by atoms with van der Waals surface area (Å²) in [5.74, 6) is -1.48. The lowest BCUT2D eigenvalue weighted by atomic mass is 10.0. The number of methoxy groups -OCH3 is 1. The van der Waals surface area contributed by atoms with Crippen LogP contribution in [0.3, 0.4) is 0 Å². The minimum absolute atomic E-state index is 0.00114. The molecule has 0 aliphatic carbocycles. The van der Waals surface area contributed by atoms with Gasteiger partial charge in [0, 0.05) is 18.2 Å². The number of anilines is 1. The molecule has 1 fully saturated rings. The van der Waals surface area contributed by atoms with Crippen LogP contribution < -0.4 is 4.90 Å². The molecule has 3 aromatic rings. The van der Waals surface area contributed by atoms with E-state index in [1.807, 2.05) is 0 Å². The molecule has 0 spiro atoms. The van der Waals surface area contributed by atoms with E-state index in [-0.39, 0.29) is 24.1 Å². The average molecular weight is 376 g/mol. The number of H-pyrrole nitrogens is 1. The molecule has 9 heteroatoms. The summed E-state index contributed by atoms with van der Waals surface area (Å²) in [5.41, 5.74) is 0.652. The van der Waals surface area contributed by atoms with E-state index in [0.29, 0.717) is 16.9 Å². The number of nitrogens with zero attached hydrogens (tertiary/aromatic N) is 3. The standard InChI is InChI=1S/C18H15F3N4O2/c1-27-18(26)9-4-13-16(22-7-9)23-24-17(13)25-8-11(20)6-15(25)12-5-10(19)2-3-14(12)21/h2-5,7,11,15H,6,8H2,1H3,(H,22,23,24)/t11-,15+/m0/s1. The number of esters is 1. The van der Waals surface area contributed by atoms with Crippen molar-refractivity contribution in [3.05, 3.63) is 53.2 Å². The minimum atomic E-state index is -1.24. The van der Waals surface area contributed by atoms with Gasteiger partial charge in [0.2, 0.25) is 0 Å². The minimum Gasteiger partial charge on any atom is -0.465 e. The molecule has 0 bridgehead atoms.